The third-order valence-corrected chi connectivity index (χ3v) is 5.82. The zero-order chi connectivity index (χ0) is 16.2. The lowest BCUT2D eigenvalue weighted by molar-refractivity contribution is 0.0695. The molecule has 0 spiro atoms. The van der Waals surface area contributed by atoms with Crippen LogP contribution in [0, 0.1) is 9.49 Å². The van der Waals surface area contributed by atoms with Crippen molar-refractivity contribution in [2.75, 3.05) is 0 Å². The average molecular weight is 425 g/mol. The third kappa shape index (κ3) is 5.23. The van der Waals surface area contributed by atoms with Crippen LogP contribution in [0.5, 0.6) is 0 Å². The van der Waals surface area contributed by atoms with Gasteiger partial charge in [0.05, 0.1) is 10.5 Å². The first-order valence-corrected chi connectivity index (χ1v) is 9.28. The number of aromatic carboxylic acids is 1. The highest BCUT2D eigenvalue weighted by Gasteiger charge is 2.21. The minimum atomic E-state index is -3.70. The number of nitrogens with one attached hydrogen (secondary N) is 1. The molecule has 2 atom stereocenters. The number of carboxylic acids is 1. The molecule has 7 heteroatoms. The fourth-order valence-electron chi connectivity index (χ4n) is 1.99. The van der Waals surface area contributed by atoms with Gasteiger partial charge in [0.2, 0.25) is 10.0 Å². The van der Waals surface area contributed by atoms with Crippen LogP contribution in [0.15, 0.2) is 23.1 Å². The summed E-state index contributed by atoms with van der Waals surface area (Å²) in [6.07, 6.45) is 1.73. The number of rotatable bonds is 7. The van der Waals surface area contributed by atoms with Crippen LogP contribution in [0.4, 0.5) is 0 Å². The van der Waals surface area contributed by atoms with Gasteiger partial charge in [-0.1, -0.05) is 20.3 Å². The van der Waals surface area contributed by atoms with Crippen LogP contribution in [0.25, 0.3) is 0 Å². The lowest BCUT2D eigenvalue weighted by Gasteiger charge is -2.17. The Balaban J connectivity index is 2.98. The highest BCUT2D eigenvalue weighted by molar-refractivity contribution is 14.1. The van der Waals surface area contributed by atoms with Gasteiger partial charge in [-0.3, -0.25) is 0 Å². The standard InChI is InChI=1S/C14H20INO4S/c1-4-9(2)7-10(3)16-21(19,20)11-5-6-13(15)12(8-11)14(17)18/h5-6,8-10,16H,4,7H2,1-3H3,(H,17,18). The van der Waals surface area contributed by atoms with Crippen LogP contribution >= 0.6 is 22.6 Å². The zero-order valence-electron chi connectivity index (χ0n) is 12.3. The summed E-state index contributed by atoms with van der Waals surface area (Å²) in [6.45, 7) is 5.94. The van der Waals surface area contributed by atoms with Crippen LogP contribution in [0.3, 0.4) is 0 Å². The van der Waals surface area contributed by atoms with Gasteiger partial charge in [-0.2, -0.15) is 0 Å². The highest BCUT2D eigenvalue weighted by atomic mass is 127. The Bertz CT molecular complexity index is 615. The van der Waals surface area contributed by atoms with Gasteiger partial charge < -0.3 is 5.11 Å². The molecular weight excluding hydrogens is 405 g/mol. The second kappa shape index (κ2) is 7.55. The molecular formula is C14H20INO4S. The summed E-state index contributed by atoms with van der Waals surface area (Å²) in [5.41, 5.74) is -0.00643. The minimum Gasteiger partial charge on any atom is -0.478 e. The summed E-state index contributed by atoms with van der Waals surface area (Å²) < 4.78 is 27.7. The molecule has 0 radical (unpaired) electrons. The summed E-state index contributed by atoms with van der Waals surface area (Å²) in [5.74, 6) is -0.710. The number of hydrogen-bond acceptors (Lipinski definition) is 3. The fraction of sp³-hybridized carbons (Fsp3) is 0.500. The molecule has 0 amide bonds. The van der Waals surface area contributed by atoms with Crippen molar-refractivity contribution in [1.29, 1.82) is 0 Å². The third-order valence-electron chi connectivity index (χ3n) is 3.29. The maximum atomic E-state index is 12.3. The van der Waals surface area contributed by atoms with E-state index in [1.54, 1.807) is 0 Å². The van der Waals surface area contributed by atoms with Gasteiger partial charge in [0.25, 0.3) is 0 Å². The van der Waals surface area contributed by atoms with Crippen molar-refractivity contribution >= 4 is 38.6 Å². The van der Waals surface area contributed by atoms with Crippen LogP contribution in [-0.4, -0.2) is 25.5 Å². The molecule has 0 aliphatic carbocycles. The molecule has 118 valence electrons. The molecule has 1 rings (SSSR count). The summed E-state index contributed by atoms with van der Waals surface area (Å²) in [6, 6.07) is 3.92. The SMILES string of the molecule is CCC(C)CC(C)NS(=O)(=O)c1ccc(I)c(C(=O)O)c1. The maximum Gasteiger partial charge on any atom is 0.336 e. The first-order chi connectivity index (χ1) is 9.67. The Morgan fingerprint density at radius 1 is 1.38 bits per heavy atom. The van der Waals surface area contributed by atoms with Gasteiger partial charge in [-0.15, -0.1) is 0 Å². The van der Waals surface area contributed by atoms with Gasteiger partial charge >= 0.3 is 5.97 Å². The van der Waals surface area contributed by atoms with Crippen LogP contribution in [0.1, 0.15) is 44.0 Å². The number of carboxylic acid groups (broad SMARTS) is 1. The van der Waals surface area contributed by atoms with Crippen molar-refractivity contribution in [1.82, 2.24) is 4.72 Å². The molecule has 0 aliphatic rings. The number of hydrogen-bond donors (Lipinski definition) is 2. The average Bonchev–Trinajstić information content (AvgIpc) is 2.37. The van der Waals surface area contributed by atoms with E-state index in [4.69, 9.17) is 5.11 Å². The second-order valence-electron chi connectivity index (χ2n) is 5.22. The predicted octanol–water partition coefficient (Wildman–Crippen LogP) is 3.09. The summed E-state index contributed by atoms with van der Waals surface area (Å²) in [4.78, 5) is 11.1. The molecule has 2 N–H and O–H groups in total. The van der Waals surface area contributed by atoms with Crippen molar-refractivity contribution in [3.63, 3.8) is 0 Å². The van der Waals surface area contributed by atoms with Gasteiger partial charge in [0.1, 0.15) is 0 Å². The van der Waals surface area contributed by atoms with E-state index in [1.807, 2.05) is 29.5 Å². The minimum absolute atomic E-state index is 0.00643. The maximum absolute atomic E-state index is 12.3. The summed E-state index contributed by atoms with van der Waals surface area (Å²) in [5, 5.41) is 9.07. The predicted molar refractivity (Wildman–Crippen MR) is 90.0 cm³/mol. The highest BCUT2D eigenvalue weighted by Crippen LogP contribution is 2.19. The second-order valence-corrected chi connectivity index (χ2v) is 8.09. The van der Waals surface area contributed by atoms with E-state index < -0.39 is 16.0 Å². The zero-order valence-corrected chi connectivity index (χ0v) is 15.2. The molecule has 21 heavy (non-hydrogen) atoms. The van der Waals surface area contributed by atoms with Crippen molar-refractivity contribution in [2.45, 2.75) is 44.6 Å². The molecule has 1 aromatic rings. The smallest absolute Gasteiger partial charge is 0.336 e. The molecule has 0 saturated carbocycles. The molecule has 2 unspecified atom stereocenters. The Kier molecular flexibility index (Phi) is 6.61. The number of carbonyl (C=O) groups is 1. The molecule has 0 aliphatic heterocycles. The van der Waals surface area contributed by atoms with Crippen LogP contribution in [0.2, 0.25) is 0 Å². The number of sulfonamides is 1. The van der Waals surface area contributed by atoms with Crippen molar-refractivity contribution < 1.29 is 18.3 Å². The largest absolute Gasteiger partial charge is 0.478 e. The molecule has 1 aromatic carbocycles. The van der Waals surface area contributed by atoms with E-state index in [-0.39, 0.29) is 16.5 Å². The lowest BCUT2D eigenvalue weighted by atomic mass is 10.0. The summed E-state index contributed by atoms with van der Waals surface area (Å²) in [7, 11) is -3.70. The van der Waals surface area contributed by atoms with Gasteiger partial charge in [0.15, 0.2) is 0 Å². The van der Waals surface area contributed by atoms with E-state index in [0.29, 0.717) is 9.49 Å². The Hall–Kier alpha value is -0.670. The van der Waals surface area contributed by atoms with Crippen LogP contribution in [-0.2, 0) is 10.0 Å². The topological polar surface area (TPSA) is 83.5 Å². The van der Waals surface area contributed by atoms with Gasteiger partial charge in [-0.25, -0.2) is 17.9 Å². The molecule has 0 aromatic heterocycles. The van der Waals surface area contributed by atoms with Crippen molar-refractivity contribution in [2.24, 2.45) is 5.92 Å². The van der Waals surface area contributed by atoms with Gasteiger partial charge in [0, 0.05) is 9.61 Å². The molecule has 5 nitrogen and oxygen atoms in total. The molecule has 0 fully saturated rings. The summed E-state index contributed by atoms with van der Waals surface area (Å²) >= 11 is 1.87. The monoisotopic (exact) mass is 425 g/mol. The quantitative estimate of drug-likeness (QED) is 0.658. The Morgan fingerprint density at radius 2 is 2.00 bits per heavy atom. The van der Waals surface area contributed by atoms with Crippen molar-refractivity contribution in [3.05, 3.63) is 27.3 Å². The fourth-order valence-corrected chi connectivity index (χ4v) is 3.84. The Labute approximate surface area is 139 Å². The van der Waals surface area contributed by atoms with E-state index in [2.05, 4.69) is 18.6 Å². The first-order valence-electron chi connectivity index (χ1n) is 6.72. The van der Waals surface area contributed by atoms with Crippen molar-refractivity contribution in [3.8, 4) is 0 Å². The van der Waals surface area contributed by atoms with Crippen LogP contribution < -0.4 is 4.72 Å². The number of halogens is 1. The van der Waals surface area contributed by atoms with E-state index in [9.17, 15) is 13.2 Å². The van der Waals surface area contributed by atoms with Gasteiger partial charge in [-0.05, 0) is 60.1 Å². The molecule has 0 bridgehead atoms. The normalized spacial score (nSPS) is 14.7. The number of benzene rings is 1. The lowest BCUT2D eigenvalue weighted by Crippen LogP contribution is -2.33. The first kappa shape index (κ1) is 18.4. The molecule has 0 saturated heterocycles. The Morgan fingerprint density at radius 3 is 2.52 bits per heavy atom. The van der Waals surface area contributed by atoms with E-state index in [1.165, 1.54) is 18.2 Å². The van der Waals surface area contributed by atoms with E-state index in [0.717, 1.165) is 12.8 Å². The van der Waals surface area contributed by atoms with E-state index >= 15 is 0 Å². The molecule has 0 heterocycles.